The van der Waals surface area contributed by atoms with Crippen LogP contribution in [0.1, 0.15) is 18.7 Å². The predicted octanol–water partition coefficient (Wildman–Crippen LogP) is 1.51. The van der Waals surface area contributed by atoms with E-state index in [1.807, 2.05) is 11.3 Å². The molecule has 2 aromatic rings. The molecular formula is C8H9BrN4. The van der Waals surface area contributed by atoms with Crippen LogP contribution in [0, 0.1) is 0 Å². The maximum Gasteiger partial charge on any atom is 0.154 e. The second-order valence-electron chi connectivity index (χ2n) is 2.91. The second kappa shape index (κ2) is 3.08. The number of nitrogens with two attached hydrogens (primary N) is 1. The van der Waals surface area contributed by atoms with Crippen molar-refractivity contribution in [1.29, 1.82) is 0 Å². The van der Waals surface area contributed by atoms with Crippen molar-refractivity contribution in [3.05, 3.63) is 28.9 Å². The van der Waals surface area contributed by atoms with Gasteiger partial charge in [0.2, 0.25) is 0 Å². The molecule has 2 rings (SSSR count). The maximum absolute atomic E-state index is 5.77. The lowest BCUT2D eigenvalue weighted by molar-refractivity contribution is 0.764. The molecule has 0 amide bonds. The van der Waals surface area contributed by atoms with E-state index >= 15 is 0 Å². The van der Waals surface area contributed by atoms with E-state index in [4.69, 9.17) is 5.73 Å². The van der Waals surface area contributed by atoms with Gasteiger partial charge < -0.3 is 5.73 Å². The number of halogens is 1. The van der Waals surface area contributed by atoms with Crippen molar-refractivity contribution in [3.63, 3.8) is 0 Å². The average Bonchev–Trinajstić information content (AvgIpc) is 2.48. The number of hydrogen-bond donors (Lipinski definition) is 1. The van der Waals surface area contributed by atoms with E-state index in [-0.39, 0.29) is 6.04 Å². The van der Waals surface area contributed by atoms with E-state index in [1.165, 1.54) is 0 Å². The lowest BCUT2D eigenvalue weighted by atomic mass is 10.3. The summed E-state index contributed by atoms with van der Waals surface area (Å²) in [4.78, 5) is 8.28. The van der Waals surface area contributed by atoms with Gasteiger partial charge in [0, 0.05) is 12.2 Å². The zero-order valence-corrected chi connectivity index (χ0v) is 8.69. The van der Waals surface area contributed by atoms with E-state index in [2.05, 4.69) is 25.9 Å². The van der Waals surface area contributed by atoms with Crippen LogP contribution in [0.2, 0.25) is 0 Å². The van der Waals surface area contributed by atoms with Gasteiger partial charge in [-0.25, -0.2) is 9.97 Å². The lowest BCUT2D eigenvalue weighted by Crippen LogP contribution is -2.08. The summed E-state index contributed by atoms with van der Waals surface area (Å²) >= 11 is 3.37. The molecule has 0 bridgehead atoms. The normalized spacial score (nSPS) is 13.5. The summed E-state index contributed by atoms with van der Waals surface area (Å²) in [5.41, 5.74) is 7.58. The first-order valence-electron chi connectivity index (χ1n) is 3.92. The number of fused-ring (bicyclic) bond motifs is 1. The van der Waals surface area contributed by atoms with Gasteiger partial charge in [0.25, 0.3) is 0 Å². The fourth-order valence-electron chi connectivity index (χ4n) is 1.23. The van der Waals surface area contributed by atoms with Crippen LogP contribution < -0.4 is 5.73 Å². The predicted molar refractivity (Wildman–Crippen MR) is 53.3 cm³/mol. The van der Waals surface area contributed by atoms with Crippen molar-refractivity contribution in [1.82, 2.24) is 14.4 Å². The molecule has 0 fully saturated rings. The highest BCUT2D eigenvalue weighted by molar-refractivity contribution is 9.10. The summed E-state index contributed by atoms with van der Waals surface area (Å²) in [5, 5.41) is 0. The van der Waals surface area contributed by atoms with Crippen molar-refractivity contribution in [2.24, 2.45) is 5.73 Å². The largest absolute Gasteiger partial charge is 0.323 e. The molecule has 4 nitrogen and oxygen atoms in total. The Kier molecular flexibility index (Phi) is 2.05. The van der Waals surface area contributed by atoms with E-state index in [9.17, 15) is 0 Å². The first kappa shape index (κ1) is 8.65. The molecular weight excluding hydrogens is 232 g/mol. The summed E-state index contributed by atoms with van der Waals surface area (Å²) in [7, 11) is 0. The molecule has 0 radical (unpaired) electrons. The van der Waals surface area contributed by atoms with E-state index in [0.29, 0.717) is 0 Å². The highest BCUT2D eigenvalue weighted by Crippen LogP contribution is 2.18. The van der Waals surface area contributed by atoms with Crippen molar-refractivity contribution < 1.29 is 0 Å². The van der Waals surface area contributed by atoms with Crippen LogP contribution >= 0.6 is 15.9 Å². The molecule has 0 spiro atoms. The van der Waals surface area contributed by atoms with Gasteiger partial charge in [0.15, 0.2) is 5.65 Å². The smallest absolute Gasteiger partial charge is 0.154 e. The Morgan fingerprint density at radius 2 is 2.31 bits per heavy atom. The Balaban J connectivity index is 2.75. The standard InChI is InChI=1S/C8H9BrN4/c1-5(10)7-3-12-8-6(9)2-11-4-13(7)8/h2-5H,10H2,1H3. The topological polar surface area (TPSA) is 56.2 Å². The number of imidazole rings is 1. The summed E-state index contributed by atoms with van der Waals surface area (Å²) in [6, 6.07) is -0.0360. The Bertz CT molecular complexity index is 435. The highest BCUT2D eigenvalue weighted by Gasteiger charge is 2.08. The summed E-state index contributed by atoms with van der Waals surface area (Å²) < 4.78 is 2.76. The third-order valence-electron chi connectivity index (χ3n) is 1.88. The van der Waals surface area contributed by atoms with Crippen LogP contribution in [0.4, 0.5) is 0 Å². The van der Waals surface area contributed by atoms with Gasteiger partial charge in [0.05, 0.1) is 16.4 Å². The van der Waals surface area contributed by atoms with Crippen molar-refractivity contribution >= 4 is 21.6 Å². The summed E-state index contributed by atoms with van der Waals surface area (Å²) in [6.07, 6.45) is 5.20. The molecule has 1 unspecified atom stereocenters. The molecule has 2 N–H and O–H groups in total. The third kappa shape index (κ3) is 1.34. The molecule has 13 heavy (non-hydrogen) atoms. The zero-order valence-electron chi connectivity index (χ0n) is 7.11. The van der Waals surface area contributed by atoms with Gasteiger partial charge in [-0.1, -0.05) is 0 Å². The number of rotatable bonds is 1. The van der Waals surface area contributed by atoms with E-state index in [0.717, 1.165) is 15.8 Å². The van der Waals surface area contributed by atoms with Gasteiger partial charge in [-0.3, -0.25) is 4.40 Å². The Labute approximate surface area is 83.9 Å². The molecule has 0 aromatic carbocycles. The van der Waals surface area contributed by atoms with Gasteiger partial charge in [-0.2, -0.15) is 0 Å². The molecule has 0 aliphatic carbocycles. The molecule has 2 aromatic heterocycles. The molecule has 2 heterocycles. The SMILES string of the molecule is CC(N)c1cnc2c(Br)cncn12. The van der Waals surface area contributed by atoms with Crippen molar-refractivity contribution in [2.75, 3.05) is 0 Å². The first-order chi connectivity index (χ1) is 6.20. The average molecular weight is 241 g/mol. The van der Waals surface area contributed by atoms with Crippen LogP contribution in [0.5, 0.6) is 0 Å². The van der Waals surface area contributed by atoms with Gasteiger partial charge in [-0.05, 0) is 22.9 Å². The van der Waals surface area contributed by atoms with Crippen molar-refractivity contribution in [2.45, 2.75) is 13.0 Å². The molecule has 0 aliphatic rings. The van der Waals surface area contributed by atoms with Gasteiger partial charge in [0.1, 0.15) is 6.33 Å². The van der Waals surface area contributed by atoms with Crippen LogP contribution in [0.15, 0.2) is 23.2 Å². The van der Waals surface area contributed by atoms with E-state index in [1.54, 1.807) is 18.7 Å². The van der Waals surface area contributed by atoms with Gasteiger partial charge in [-0.15, -0.1) is 0 Å². The molecule has 0 saturated heterocycles. The Morgan fingerprint density at radius 1 is 1.54 bits per heavy atom. The molecule has 0 aliphatic heterocycles. The minimum atomic E-state index is -0.0360. The second-order valence-corrected chi connectivity index (χ2v) is 3.76. The first-order valence-corrected chi connectivity index (χ1v) is 4.71. The highest BCUT2D eigenvalue weighted by atomic mass is 79.9. The van der Waals surface area contributed by atoms with Crippen LogP contribution in [0.3, 0.4) is 0 Å². The monoisotopic (exact) mass is 240 g/mol. The minimum absolute atomic E-state index is 0.0360. The van der Waals surface area contributed by atoms with Crippen molar-refractivity contribution in [3.8, 4) is 0 Å². The zero-order chi connectivity index (χ0) is 9.42. The fraction of sp³-hybridized carbons (Fsp3) is 0.250. The van der Waals surface area contributed by atoms with Crippen LogP contribution in [-0.4, -0.2) is 14.4 Å². The van der Waals surface area contributed by atoms with Crippen LogP contribution in [-0.2, 0) is 0 Å². The number of aromatic nitrogens is 3. The lowest BCUT2D eigenvalue weighted by Gasteiger charge is -2.03. The summed E-state index contributed by atoms with van der Waals surface area (Å²) in [5.74, 6) is 0. The van der Waals surface area contributed by atoms with Gasteiger partial charge >= 0.3 is 0 Å². The molecule has 68 valence electrons. The molecule has 1 atom stereocenters. The van der Waals surface area contributed by atoms with E-state index < -0.39 is 0 Å². The molecule has 0 saturated carbocycles. The maximum atomic E-state index is 5.77. The fourth-order valence-corrected chi connectivity index (χ4v) is 1.64. The quantitative estimate of drug-likeness (QED) is 0.823. The number of nitrogens with zero attached hydrogens (tertiary/aromatic N) is 3. The minimum Gasteiger partial charge on any atom is -0.323 e. The Hall–Kier alpha value is -0.940. The third-order valence-corrected chi connectivity index (χ3v) is 2.44. The Morgan fingerprint density at radius 3 is 3.00 bits per heavy atom. The number of hydrogen-bond acceptors (Lipinski definition) is 3. The van der Waals surface area contributed by atoms with Crippen LogP contribution in [0.25, 0.3) is 5.65 Å². The summed E-state index contributed by atoms with van der Waals surface area (Å²) in [6.45, 7) is 1.92. The molecule has 5 heteroatoms.